The maximum absolute atomic E-state index is 11.8. The summed E-state index contributed by atoms with van der Waals surface area (Å²) in [6.45, 7) is 0.0245. The molecule has 20 heavy (non-hydrogen) atoms. The number of aliphatic hydroxyl groups excluding tert-OH is 2. The van der Waals surface area contributed by atoms with E-state index in [1.807, 2.05) is 0 Å². The lowest BCUT2D eigenvalue weighted by molar-refractivity contribution is -0.129. The molecule has 3 N–H and O–H groups in total. The molecule has 1 aliphatic heterocycles. The van der Waals surface area contributed by atoms with Crippen LogP contribution in [0.3, 0.4) is 0 Å². The van der Waals surface area contributed by atoms with Gasteiger partial charge in [-0.1, -0.05) is 15.9 Å². The van der Waals surface area contributed by atoms with Gasteiger partial charge >= 0.3 is 0 Å². The fourth-order valence-electron chi connectivity index (χ4n) is 1.94. The number of nitrogens with zero attached hydrogens (tertiary/aromatic N) is 1. The van der Waals surface area contributed by atoms with Gasteiger partial charge in [-0.3, -0.25) is 9.59 Å². The number of hydrogen-bond donors (Lipinski definition) is 3. The van der Waals surface area contributed by atoms with Crippen molar-refractivity contribution in [2.24, 2.45) is 0 Å². The Labute approximate surface area is 124 Å². The van der Waals surface area contributed by atoms with Crippen LogP contribution in [-0.2, 0) is 4.79 Å². The number of nitrogens with one attached hydrogen (secondary N) is 1. The molecule has 108 valence electrons. The number of β-amino-alcohol motifs (C(OH)–C–C–N with tert-alkyl or cyclic N) is 2. The number of carbonyl (C=O) groups excluding carboxylic acids is 2. The molecule has 2 amide bonds. The molecular formula is C13H15BrN2O4. The standard InChI is InChI=1S/C13H15BrN2O4/c14-9-3-1-8(2-4-9)13(20)15-5-12(19)16-6-10(17)11(18)7-16/h1-4,10-11,17-18H,5-7H2,(H,15,20). The highest BCUT2D eigenvalue weighted by Crippen LogP contribution is 2.11. The Kier molecular flexibility index (Phi) is 4.74. The quantitative estimate of drug-likeness (QED) is 0.706. The molecule has 0 radical (unpaired) electrons. The van der Waals surface area contributed by atoms with Crippen molar-refractivity contribution < 1.29 is 19.8 Å². The van der Waals surface area contributed by atoms with Gasteiger partial charge in [-0.05, 0) is 24.3 Å². The first-order valence-corrected chi connectivity index (χ1v) is 6.94. The molecule has 1 aliphatic rings. The van der Waals surface area contributed by atoms with Crippen molar-refractivity contribution in [1.29, 1.82) is 0 Å². The molecule has 7 heteroatoms. The summed E-state index contributed by atoms with van der Waals surface area (Å²) in [5, 5.41) is 21.2. The SMILES string of the molecule is O=C(NCC(=O)N1CC(O)C(O)C1)c1ccc(Br)cc1. The van der Waals surface area contributed by atoms with Crippen LogP contribution in [0, 0.1) is 0 Å². The van der Waals surface area contributed by atoms with Crippen LogP contribution < -0.4 is 5.32 Å². The fourth-order valence-corrected chi connectivity index (χ4v) is 2.21. The number of benzene rings is 1. The van der Waals surface area contributed by atoms with Crippen LogP contribution >= 0.6 is 15.9 Å². The maximum atomic E-state index is 11.8. The Morgan fingerprint density at radius 2 is 1.75 bits per heavy atom. The first kappa shape index (κ1) is 15.0. The number of halogens is 1. The van der Waals surface area contributed by atoms with Crippen molar-refractivity contribution >= 4 is 27.7 Å². The fraction of sp³-hybridized carbons (Fsp3) is 0.385. The Hall–Kier alpha value is -1.44. The van der Waals surface area contributed by atoms with Gasteiger partial charge in [0.05, 0.1) is 18.8 Å². The van der Waals surface area contributed by atoms with Gasteiger partial charge in [0, 0.05) is 23.1 Å². The van der Waals surface area contributed by atoms with Crippen molar-refractivity contribution in [2.45, 2.75) is 12.2 Å². The van der Waals surface area contributed by atoms with E-state index in [9.17, 15) is 19.8 Å². The van der Waals surface area contributed by atoms with E-state index in [-0.39, 0.29) is 31.4 Å². The third kappa shape index (κ3) is 3.56. The van der Waals surface area contributed by atoms with Crippen molar-refractivity contribution in [3.63, 3.8) is 0 Å². The highest BCUT2D eigenvalue weighted by molar-refractivity contribution is 9.10. The molecule has 1 fully saturated rings. The van der Waals surface area contributed by atoms with Crippen molar-refractivity contribution in [1.82, 2.24) is 10.2 Å². The molecule has 2 atom stereocenters. The third-order valence-electron chi connectivity index (χ3n) is 3.12. The number of hydrogen-bond acceptors (Lipinski definition) is 4. The van der Waals surface area contributed by atoms with Crippen LogP contribution in [-0.4, -0.2) is 58.8 Å². The number of likely N-dealkylation sites (tertiary alicyclic amines) is 1. The van der Waals surface area contributed by atoms with Gasteiger partial charge in [0.15, 0.2) is 0 Å². The molecule has 2 unspecified atom stereocenters. The molecule has 1 aromatic rings. The van der Waals surface area contributed by atoms with Crippen LogP contribution in [0.4, 0.5) is 0 Å². The zero-order valence-corrected chi connectivity index (χ0v) is 12.2. The topological polar surface area (TPSA) is 89.9 Å². The average molecular weight is 343 g/mol. The zero-order chi connectivity index (χ0) is 14.7. The molecule has 0 saturated carbocycles. The highest BCUT2D eigenvalue weighted by Gasteiger charge is 2.32. The zero-order valence-electron chi connectivity index (χ0n) is 10.6. The minimum atomic E-state index is -0.916. The molecule has 0 aliphatic carbocycles. The Morgan fingerprint density at radius 3 is 2.30 bits per heavy atom. The Morgan fingerprint density at radius 1 is 1.20 bits per heavy atom. The summed E-state index contributed by atoms with van der Waals surface area (Å²) in [6.07, 6.45) is -1.83. The first-order valence-electron chi connectivity index (χ1n) is 6.15. The van der Waals surface area contributed by atoms with E-state index in [0.717, 1.165) is 4.47 Å². The summed E-state index contributed by atoms with van der Waals surface area (Å²) in [5.41, 5.74) is 0.461. The van der Waals surface area contributed by atoms with Crippen molar-refractivity contribution in [2.75, 3.05) is 19.6 Å². The molecule has 6 nitrogen and oxygen atoms in total. The smallest absolute Gasteiger partial charge is 0.251 e. The molecule has 1 aromatic carbocycles. The molecule has 0 bridgehead atoms. The molecule has 2 rings (SSSR count). The Balaban J connectivity index is 1.84. The van der Waals surface area contributed by atoms with Gasteiger partial charge in [0.2, 0.25) is 5.91 Å². The number of amides is 2. The van der Waals surface area contributed by atoms with Gasteiger partial charge < -0.3 is 20.4 Å². The van der Waals surface area contributed by atoms with E-state index in [2.05, 4.69) is 21.2 Å². The minimum absolute atomic E-state index is 0.0914. The third-order valence-corrected chi connectivity index (χ3v) is 3.65. The van der Waals surface area contributed by atoms with E-state index < -0.39 is 12.2 Å². The van der Waals surface area contributed by atoms with Gasteiger partial charge in [0.1, 0.15) is 0 Å². The first-order chi connectivity index (χ1) is 9.47. The monoisotopic (exact) mass is 342 g/mol. The van der Waals surface area contributed by atoms with Crippen LogP contribution in [0.2, 0.25) is 0 Å². The normalized spacial score (nSPS) is 21.9. The summed E-state index contributed by atoms with van der Waals surface area (Å²) in [7, 11) is 0. The van der Waals surface area contributed by atoms with Crippen LogP contribution in [0.25, 0.3) is 0 Å². The van der Waals surface area contributed by atoms with Gasteiger partial charge in [-0.2, -0.15) is 0 Å². The molecule has 1 heterocycles. The lowest BCUT2D eigenvalue weighted by Gasteiger charge is -2.15. The molecule has 1 saturated heterocycles. The lowest BCUT2D eigenvalue weighted by atomic mass is 10.2. The van der Waals surface area contributed by atoms with E-state index in [0.29, 0.717) is 5.56 Å². The molecule has 0 aromatic heterocycles. The predicted octanol–water partition coefficient (Wildman–Crippen LogP) is -0.257. The van der Waals surface area contributed by atoms with Crippen molar-refractivity contribution in [3.05, 3.63) is 34.3 Å². The van der Waals surface area contributed by atoms with Crippen LogP contribution in [0.5, 0.6) is 0 Å². The van der Waals surface area contributed by atoms with Gasteiger partial charge in [-0.25, -0.2) is 0 Å². The molecular weight excluding hydrogens is 328 g/mol. The average Bonchev–Trinajstić information content (AvgIpc) is 2.76. The van der Waals surface area contributed by atoms with Crippen molar-refractivity contribution in [3.8, 4) is 0 Å². The summed E-state index contributed by atoms with van der Waals surface area (Å²) >= 11 is 3.27. The minimum Gasteiger partial charge on any atom is -0.388 e. The summed E-state index contributed by atoms with van der Waals surface area (Å²) < 4.78 is 0.866. The number of rotatable bonds is 3. The highest BCUT2D eigenvalue weighted by atomic mass is 79.9. The van der Waals surface area contributed by atoms with Crippen LogP contribution in [0.15, 0.2) is 28.7 Å². The summed E-state index contributed by atoms with van der Waals surface area (Å²) in [5.74, 6) is -0.669. The van der Waals surface area contributed by atoms with Crippen LogP contribution in [0.1, 0.15) is 10.4 Å². The van der Waals surface area contributed by atoms with Gasteiger partial charge in [-0.15, -0.1) is 0 Å². The van der Waals surface area contributed by atoms with E-state index in [4.69, 9.17) is 0 Å². The summed E-state index contributed by atoms with van der Waals surface area (Å²) in [6, 6.07) is 6.77. The second-order valence-corrected chi connectivity index (χ2v) is 5.54. The number of aliphatic hydroxyl groups is 2. The number of carbonyl (C=O) groups is 2. The maximum Gasteiger partial charge on any atom is 0.251 e. The second kappa shape index (κ2) is 6.34. The largest absolute Gasteiger partial charge is 0.388 e. The lowest BCUT2D eigenvalue weighted by Crippen LogP contribution is -2.39. The predicted molar refractivity (Wildman–Crippen MR) is 75.1 cm³/mol. The van der Waals surface area contributed by atoms with Gasteiger partial charge in [0.25, 0.3) is 5.91 Å². The summed E-state index contributed by atoms with van der Waals surface area (Å²) in [4.78, 5) is 24.9. The molecule has 0 spiro atoms. The second-order valence-electron chi connectivity index (χ2n) is 4.62. The Bertz CT molecular complexity index is 496. The van der Waals surface area contributed by atoms with E-state index >= 15 is 0 Å². The van der Waals surface area contributed by atoms with E-state index in [1.165, 1.54) is 4.90 Å². The van der Waals surface area contributed by atoms with E-state index in [1.54, 1.807) is 24.3 Å².